The largest absolute Gasteiger partial charge is 0.455 e. The first-order chi connectivity index (χ1) is 11.0. The summed E-state index contributed by atoms with van der Waals surface area (Å²) >= 11 is 0. The van der Waals surface area contributed by atoms with Crippen molar-refractivity contribution in [2.75, 3.05) is 13.2 Å². The summed E-state index contributed by atoms with van der Waals surface area (Å²) < 4.78 is 69.0. The third kappa shape index (κ3) is 5.49. The van der Waals surface area contributed by atoms with Gasteiger partial charge >= 0.3 is 5.97 Å². The van der Waals surface area contributed by atoms with E-state index in [4.69, 9.17) is 0 Å². The Kier molecular flexibility index (Phi) is 6.72. The third-order valence-electron chi connectivity index (χ3n) is 2.51. The van der Waals surface area contributed by atoms with Crippen LogP contribution >= 0.6 is 0 Å². The summed E-state index contributed by atoms with van der Waals surface area (Å²) in [5.74, 6) is -7.12. The molecule has 0 bridgehead atoms. The van der Waals surface area contributed by atoms with Crippen LogP contribution in [0.3, 0.4) is 0 Å². The Bertz CT molecular complexity index is 737. The average molecular weight is 368 g/mol. The second kappa shape index (κ2) is 8.11. The molecule has 0 unspecified atom stereocenters. The normalized spacial score (nSPS) is 11.4. The fourth-order valence-corrected chi connectivity index (χ4v) is 2.54. The number of halogens is 3. The van der Waals surface area contributed by atoms with Crippen molar-refractivity contribution in [2.45, 2.75) is 24.8 Å². The van der Waals surface area contributed by atoms with E-state index in [1.165, 1.54) is 0 Å². The molecule has 24 heavy (non-hydrogen) atoms. The second-order valence-electron chi connectivity index (χ2n) is 4.88. The third-order valence-corrected chi connectivity index (χ3v) is 3.93. The van der Waals surface area contributed by atoms with Crippen molar-refractivity contribution in [3.63, 3.8) is 0 Å². The van der Waals surface area contributed by atoms with Crippen molar-refractivity contribution in [1.82, 2.24) is 10.0 Å². The molecule has 134 valence electrons. The molecule has 0 radical (unpaired) electrons. The molecule has 0 atom stereocenters. The minimum atomic E-state index is -4.62. The second-order valence-corrected chi connectivity index (χ2v) is 6.62. The summed E-state index contributed by atoms with van der Waals surface area (Å²) in [6.45, 7) is 1.82. The van der Waals surface area contributed by atoms with Crippen molar-refractivity contribution < 1.29 is 35.9 Å². The van der Waals surface area contributed by atoms with Gasteiger partial charge in [0.2, 0.25) is 10.0 Å². The Hall–Kier alpha value is -2.14. The number of ether oxygens (including phenoxy) is 1. The molecule has 0 saturated carbocycles. The van der Waals surface area contributed by atoms with Gasteiger partial charge in [-0.3, -0.25) is 9.59 Å². The molecule has 2 N–H and O–H groups in total. The van der Waals surface area contributed by atoms with E-state index in [1.807, 2.05) is 0 Å². The molecule has 0 heterocycles. The van der Waals surface area contributed by atoms with Gasteiger partial charge in [0.25, 0.3) is 5.91 Å². The van der Waals surface area contributed by atoms with E-state index in [1.54, 1.807) is 18.6 Å². The number of rotatable bonds is 7. The van der Waals surface area contributed by atoms with Crippen molar-refractivity contribution in [3.8, 4) is 0 Å². The number of sulfonamides is 1. The van der Waals surface area contributed by atoms with Crippen LogP contribution in [0, 0.1) is 17.5 Å². The van der Waals surface area contributed by atoms with Crippen LogP contribution in [0.1, 0.15) is 13.8 Å². The predicted molar refractivity (Wildman–Crippen MR) is 75.7 cm³/mol. The van der Waals surface area contributed by atoms with Gasteiger partial charge in [-0.05, 0) is 26.0 Å². The van der Waals surface area contributed by atoms with Crippen molar-refractivity contribution in [2.24, 2.45) is 0 Å². The topological polar surface area (TPSA) is 102 Å². The number of carbonyl (C=O) groups is 2. The van der Waals surface area contributed by atoms with E-state index in [0.717, 1.165) is 0 Å². The predicted octanol–water partition coefficient (Wildman–Crippen LogP) is 0.450. The van der Waals surface area contributed by atoms with Gasteiger partial charge in [0.05, 0.1) is 0 Å². The minimum absolute atomic E-state index is 0.175. The number of carbonyl (C=O) groups excluding carboxylic acids is 2. The Morgan fingerprint density at radius 1 is 1.17 bits per heavy atom. The molecule has 0 aliphatic heterocycles. The molecule has 11 heteroatoms. The lowest BCUT2D eigenvalue weighted by atomic mass is 10.3. The number of amides is 1. The summed E-state index contributed by atoms with van der Waals surface area (Å²) in [5.41, 5.74) is 0. The molecule has 1 aromatic rings. The van der Waals surface area contributed by atoms with Crippen molar-refractivity contribution >= 4 is 21.9 Å². The fraction of sp³-hybridized carbons (Fsp3) is 0.385. The monoisotopic (exact) mass is 368 g/mol. The quantitative estimate of drug-likeness (QED) is 0.538. The highest BCUT2D eigenvalue weighted by atomic mass is 32.2. The maximum Gasteiger partial charge on any atom is 0.321 e. The summed E-state index contributed by atoms with van der Waals surface area (Å²) in [6.07, 6.45) is 0. The van der Waals surface area contributed by atoms with Crippen LogP contribution in [0.15, 0.2) is 17.0 Å². The first kappa shape index (κ1) is 19.9. The number of hydrogen-bond acceptors (Lipinski definition) is 5. The van der Waals surface area contributed by atoms with Crippen LogP contribution in [0.4, 0.5) is 13.2 Å². The highest BCUT2D eigenvalue weighted by molar-refractivity contribution is 7.89. The molecule has 1 rings (SSSR count). The van der Waals surface area contributed by atoms with Gasteiger partial charge in [-0.1, -0.05) is 0 Å². The summed E-state index contributed by atoms with van der Waals surface area (Å²) in [6, 6.07) is 0.769. The lowest BCUT2D eigenvalue weighted by molar-refractivity contribution is -0.147. The Morgan fingerprint density at radius 2 is 1.79 bits per heavy atom. The van der Waals surface area contributed by atoms with Gasteiger partial charge in [0.15, 0.2) is 24.1 Å². The van der Waals surface area contributed by atoms with Crippen LogP contribution < -0.4 is 10.0 Å². The Balaban J connectivity index is 2.65. The molecular formula is C13H15F3N2O5S. The van der Waals surface area contributed by atoms with Crippen LogP contribution in [0.5, 0.6) is 0 Å². The van der Waals surface area contributed by atoms with Crippen LogP contribution in [0.2, 0.25) is 0 Å². The number of benzene rings is 1. The lowest BCUT2D eigenvalue weighted by Gasteiger charge is -2.10. The van der Waals surface area contributed by atoms with Crippen LogP contribution in [-0.4, -0.2) is 39.5 Å². The molecule has 0 aliphatic carbocycles. The molecule has 0 saturated heterocycles. The summed E-state index contributed by atoms with van der Waals surface area (Å²) in [7, 11) is -4.62. The average Bonchev–Trinajstić information content (AvgIpc) is 2.47. The number of nitrogens with one attached hydrogen (secondary N) is 2. The van der Waals surface area contributed by atoms with Gasteiger partial charge in [0.1, 0.15) is 11.4 Å². The SMILES string of the molecule is CC(C)NC(=O)COC(=O)CNS(=O)(=O)c1ccc(F)c(F)c1F. The molecule has 1 amide bonds. The van der Waals surface area contributed by atoms with Gasteiger partial charge in [-0.15, -0.1) is 0 Å². The summed E-state index contributed by atoms with van der Waals surface area (Å²) in [5, 5.41) is 2.43. The number of esters is 1. The maximum absolute atomic E-state index is 13.5. The minimum Gasteiger partial charge on any atom is -0.455 e. The van der Waals surface area contributed by atoms with E-state index in [9.17, 15) is 31.2 Å². The molecule has 0 fully saturated rings. The van der Waals surface area contributed by atoms with E-state index in [0.29, 0.717) is 12.1 Å². The van der Waals surface area contributed by atoms with E-state index in [2.05, 4.69) is 10.1 Å². The van der Waals surface area contributed by atoms with Gasteiger partial charge in [-0.25, -0.2) is 21.6 Å². The highest BCUT2D eigenvalue weighted by Gasteiger charge is 2.24. The summed E-state index contributed by atoms with van der Waals surface area (Å²) in [4.78, 5) is 21.4. The molecule has 0 aliphatic rings. The number of hydrogen-bond donors (Lipinski definition) is 2. The molecular weight excluding hydrogens is 353 g/mol. The van der Waals surface area contributed by atoms with Crippen molar-refractivity contribution in [3.05, 3.63) is 29.6 Å². The van der Waals surface area contributed by atoms with E-state index in [-0.39, 0.29) is 6.04 Å². The lowest BCUT2D eigenvalue weighted by Crippen LogP contribution is -2.36. The molecule has 1 aromatic carbocycles. The molecule has 7 nitrogen and oxygen atoms in total. The zero-order chi connectivity index (χ0) is 18.5. The van der Waals surface area contributed by atoms with Gasteiger partial charge < -0.3 is 10.1 Å². The Morgan fingerprint density at radius 3 is 2.38 bits per heavy atom. The Labute approximate surface area is 136 Å². The van der Waals surface area contributed by atoms with Crippen LogP contribution in [0.25, 0.3) is 0 Å². The van der Waals surface area contributed by atoms with Gasteiger partial charge in [-0.2, -0.15) is 4.72 Å². The first-order valence-corrected chi connectivity index (χ1v) is 8.11. The van der Waals surface area contributed by atoms with Crippen molar-refractivity contribution in [1.29, 1.82) is 0 Å². The first-order valence-electron chi connectivity index (χ1n) is 6.62. The molecule has 0 aromatic heterocycles. The van der Waals surface area contributed by atoms with Crippen LogP contribution in [-0.2, 0) is 24.3 Å². The maximum atomic E-state index is 13.5. The zero-order valence-electron chi connectivity index (χ0n) is 12.7. The van der Waals surface area contributed by atoms with E-state index < -0.39 is 57.4 Å². The van der Waals surface area contributed by atoms with Gasteiger partial charge in [0, 0.05) is 6.04 Å². The molecule has 0 spiro atoms. The zero-order valence-corrected chi connectivity index (χ0v) is 13.5. The standard InChI is InChI=1S/C13H15F3N2O5S/c1-7(2)18-10(19)6-23-11(20)5-17-24(21,22)9-4-3-8(14)12(15)13(9)16/h3-4,7,17H,5-6H2,1-2H3,(H,18,19). The van der Waals surface area contributed by atoms with E-state index >= 15 is 0 Å². The smallest absolute Gasteiger partial charge is 0.321 e. The highest BCUT2D eigenvalue weighted by Crippen LogP contribution is 2.19. The fourth-order valence-electron chi connectivity index (χ4n) is 1.51.